The minimum atomic E-state index is -3.58. The number of rotatable bonds is 6. The van der Waals surface area contributed by atoms with Crippen molar-refractivity contribution in [3.8, 4) is 0 Å². The highest BCUT2D eigenvalue weighted by molar-refractivity contribution is 7.89. The lowest BCUT2D eigenvalue weighted by Crippen LogP contribution is -2.33. The Morgan fingerprint density at radius 3 is 2.83 bits per heavy atom. The first-order valence-corrected chi connectivity index (χ1v) is 9.74. The van der Waals surface area contributed by atoms with Crippen LogP contribution in [-0.2, 0) is 10.0 Å². The summed E-state index contributed by atoms with van der Waals surface area (Å²) in [5.41, 5.74) is 0. The van der Waals surface area contributed by atoms with Gasteiger partial charge >= 0.3 is 0 Å². The van der Waals surface area contributed by atoms with Crippen molar-refractivity contribution in [1.82, 2.24) is 14.9 Å². The molecule has 132 valence electrons. The van der Waals surface area contributed by atoms with Gasteiger partial charge in [-0.2, -0.15) is 0 Å². The molecule has 0 bridgehead atoms. The molecule has 9 heteroatoms. The summed E-state index contributed by atoms with van der Waals surface area (Å²) in [5.74, 6) is 0.279. The van der Waals surface area contributed by atoms with Crippen LogP contribution in [0.2, 0.25) is 0 Å². The molecular formula is C14H24ClN3O3S2. The Morgan fingerprint density at radius 2 is 2.22 bits per heavy atom. The summed E-state index contributed by atoms with van der Waals surface area (Å²) < 4.78 is 25.5. The maximum Gasteiger partial charge on any atom is 0.262 e. The molecule has 0 aromatic carbocycles. The number of nitrogens with one attached hydrogen (secondary N) is 2. The minimum absolute atomic E-state index is 0. The van der Waals surface area contributed by atoms with Gasteiger partial charge in [0.15, 0.2) is 0 Å². The van der Waals surface area contributed by atoms with Crippen LogP contribution in [0.4, 0.5) is 0 Å². The highest BCUT2D eigenvalue weighted by Gasteiger charge is 2.25. The van der Waals surface area contributed by atoms with Crippen molar-refractivity contribution >= 4 is 39.7 Å². The van der Waals surface area contributed by atoms with E-state index in [-0.39, 0.29) is 28.1 Å². The second kappa shape index (κ2) is 8.98. The fourth-order valence-corrected chi connectivity index (χ4v) is 4.71. The van der Waals surface area contributed by atoms with Gasteiger partial charge in [-0.15, -0.1) is 23.7 Å². The number of carbonyl (C=O) groups excluding carboxylic acids is 1. The van der Waals surface area contributed by atoms with Crippen molar-refractivity contribution in [3.05, 3.63) is 16.3 Å². The molecule has 1 fully saturated rings. The van der Waals surface area contributed by atoms with Gasteiger partial charge in [0.2, 0.25) is 10.0 Å². The minimum Gasteiger partial charge on any atom is -0.351 e. The standard InChI is InChI=1S/C14H23N3O3S2.ClH/c1-17(2)22(19,20)12-6-9-21-13(12)14(18)16-8-5-11-4-3-7-15-10-11;/h6,9,11,15H,3-5,7-8,10H2,1-2H3,(H,16,18);1H. The van der Waals surface area contributed by atoms with E-state index in [1.165, 1.54) is 33.0 Å². The SMILES string of the molecule is CN(C)S(=O)(=O)c1ccsc1C(=O)NCCC1CCCNC1.Cl. The van der Waals surface area contributed by atoms with Crippen LogP contribution >= 0.6 is 23.7 Å². The van der Waals surface area contributed by atoms with Crippen LogP contribution in [0.3, 0.4) is 0 Å². The van der Waals surface area contributed by atoms with Gasteiger partial charge in [-0.3, -0.25) is 4.79 Å². The smallest absolute Gasteiger partial charge is 0.262 e. The third-order valence-electron chi connectivity index (χ3n) is 3.83. The normalized spacial score (nSPS) is 18.5. The monoisotopic (exact) mass is 381 g/mol. The van der Waals surface area contributed by atoms with E-state index in [1.54, 1.807) is 5.38 Å². The van der Waals surface area contributed by atoms with Crippen molar-refractivity contribution < 1.29 is 13.2 Å². The summed E-state index contributed by atoms with van der Waals surface area (Å²) >= 11 is 1.16. The molecule has 0 spiro atoms. The quantitative estimate of drug-likeness (QED) is 0.783. The first-order valence-electron chi connectivity index (χ1n) is 7.42. The lowest BCUT2D eigenvalue weighted by molar-refractivity contribution is 0.0951. The molecular weight excluding hydrogens is 358 g/mol. The average molecular weight is 382 g/mol. The third-order valence-corrected chi connectivity index (χ3v) is 6.73. The molecule has 6 nitrogen and oxygen atoms in total. The maximum absolute atomic E-state index is 12.2. The van der Waals surface area contributed by atoms with Crippen molar-refractivity contribution in [2.24, 2.45) is 5.92 Å². The first-order chi connectivity index (χ1) is 10.4. The van der Waals surface area contributed by atoms with E-state index in [4.69, 9.17) is 0 Å². The van der Waals surface area contributed by atoms with Crippen LogP contribution in [0.25, 0.3) is 0 Å². The second-order valence-corrected chi connectivity index (χ2v) is 8.69. The molecule has 0 radical (unpaired) electrons. The van der Waals surface area contributed by atoms with E-state index in [1.807, 2.05) is 0 Å². The lowest BCUT2D eigenvalue weighted by atomic mass is 9.96. The molecule has 1 saturated heterocycles. The van der Waals surface area contributed by atoms with Crippen molar-refractivity contribution in [1.29, 1.82) is 0 Å². The lowest BCUT2D eigenvalue weighted by Gasteiger charge is -2.22. The topological polar surface area (TPSA) is 78.5 Å². The van der Waals surface area contributed by atoms with Gasteiger partial charge in [-0.1, -0.05) is 0 Å². The molecule has 1 unspecified atom stereocenters. The van der Waals surface area contributed by atoms with E-state index >= 15 is 0 Å². The molecule has 1 atom stereocenters. The number of piperidine rings is 1. The number of nitrogens with zero attached hydrogens (tertiary/aromatic N) is 1. The van der Waals surface area contributed by atoms with Gasteiger partial charge in [-0.25, -0.2) is 12.7 Å². The van der Waals surface area contributed by atoms with Gasteiger partial charge in [-0.05, 0) is 49.7 Å². The third kappa shape index (κ3) is 5.15. The van der Waals surface area contributed by atoms with Crippen molar-refractivity contribution in [2.75, 3.05) is 33.7 Å². The van der Waals surface area contributed by atoms with Gasteiger partial charge in [0.1, 0.15) is 9.77 Å². The molecule has 23 heavy (non-hydrogen) atoms. The average Bonchev–Trinajstić information content (AvgIpc) is 2.98. The van der Waals surface area contributed by atoms with Crippen LogP contribution < -0.4 is 10.6 Å². The Labute approximate surface area is 148 Å². The van der Waals surface area contributed by atoms with E-state index in [0.717, 1.165) is 35.2 Å². The molecule has 2 rings (SSSR count). The zero-order valence-corrected chi connectivity index (χ0v) is 15.8. The number of sulfonamides is 1. The summed E-state index contributed by atoms with van der Waals surface area (Å²) in [4.78, 5) is 12.6. The molecule has 1 aromatic heterocycles. The molecule has 1 aliphatic heterocycles. The number of hydrogen-bond acceptors (Lipinski definition) is 5. The Morgan fingerprint density at radius 1 is 1.48 bits per heavy atom. The number of thiophene rings is 1. The van der Waals surface area contributed by atoms with E-state index in [2.05, 4.69) is 10.6 Å². The largest absolute Gasteiger partial charge is 0.351 e. The summed E-state index contributed by atoms with van der Waals surface area (Å²) in [6.07, 6.45) is 3.27. The Hall–Kier alpha value is -0.670. The van der Waals surface area contributed by atoms with E-state index < -0.39 is 10.0 Å². The molecule has 1 amide bonds. The highest BCUT2D eigenvalue weighted by atomic mass is 35.5. The number of carbonyl (C=O) groups is 1. The predicted molar refractivity (Wildman–Crippen MR) is 95.0 cm³/mol. The molecule has 2 heterocycles. The Kier molecular flexibility index (Phi) is 7.96. The van der Waals surface area contributed by atoms with E-state index in [0.29, 0.717) is 12.5 Å². The van der Waals surface area contributed by atoms with Gasteiger partial charge in [0, 0.05) is 20.6 Å². The van der Waals surface area contributed by atoms with Crippen LogP contribution in [0.15, 0.2) is 16.3 Å². The zero-order valence-electron chi connectivity index (χ0n) is 13.4. The Balaban J connectivity index is 0.00000264. The van der Waals surface area contributed by atoms with Crippen LogP contribution in [-0.4, -0.2) is 52.4 Å². The second-order valence-electron chi connectivity index (χ2n) is 5.66. The molecule has 0 aliphatic carbocycles. The zero-order chi connectivity index (χ0) is 16.2. The van der Waals surface area contributed by atoms with Gasteiger partial charge < -0.3 is 10.6 Å². The number of amides is 1. The van der Waals surface area contributed by atoms with Gasteiger partial charge in [0.05, 0.1) is 0 Å². The maximum atomic E-state index is 12.2. The molecule has 1 aliphatic rings. The fraction of sp³-hybridized carbons (Fsp3) is 0.643. The van der Waals surface area contributed by atoms with Crippen LogP contribution in [0.5, 0.6) is 0 Å². The summed E-state index contributed by atoms with van der Waals surface area (Å²) in [6, 6.07) is 1.49. The van der Waals surface area contributed by atoms with Crippen molar-refractivity contribution in [2.45, 2.75) is 24.2 Å². The van der Waals surface area contributed by atoms with Crippen LogP contribution in [0, 0.1) is 5.92 Å². The molecule has 2 N–H and O–H groups in total. The number of halogens is 1. The van der Waals surface area contributed by atoms with E-state index in [9.17, 15) is 13.2 Å². The number of hydrogen-bond donors (Lipinski definition) is 2. The highest BCUT2D eigenvalue weighted by Crippen LogP contribution is 2.24. The Bertz CT molecular complexity index is 611. The fourth-order valence-electron chi connectivity index (χ4n) is 2.50. The van der Waals surface area contributed by atoms with Crippen LogP contribution in [0.1, 0.15) is 28.9 Å². The first kappa shape index (κ1) is 20.4. The van der Waals surface area contributed by atoms with Gasteiger partial charge in [0.25, 0.3) is 5.91 Å². The summed E-state index contributed by atoms with van der Waals surface area (Å²) in [6.45, 7) is 2.64. The summed E-state index contributed by atoms with van der Waals surface area (Å²) in [5, 5.41) is 7.83. The predicted octanol–water partition coefficient (Wildman–Crippen LogP) is 1.54. The summed E-state index contributed by atoms with van der Waals surface area (Å²) in [7, 11) is -0.656. The molecule has 0 saturated carbocycles. The van der Waals surface area contributed by atoms with Crippen molar-refractivity contribution in [3.63, 3.8) is 0 Å². The molecule has 1 aromatic rings.